The van der Waals surface area contributed by atoms with Gasteiger partial charge in [-0.15, -0.1) is 11.6 Å². The first-order valence-corrected chi connectivity index (χ1v) is 5.04. The summed E-state index contributed by atoms with van der Waals surface area (Å²) in [4.78, 5) is 11.0. The van der Waals surface area contributed by atoms with Crippen LogP contribution in [0.3, 0.4) is 0 Å². The molecule has 1 aromatic carbocycles. The van der Waals surface area contributed by atoms with E-state index in [1.165, 1.54) is 6.08 Å². The van der Waals surface area contributed by atoms with E-state index in [9.17, 15) is 4.79 Å². The molecule has 0 radical (unpaired) electrons. The zero-order valence-corrected chi connectivity index (χ0v) is 9.00. The van der Waals surface area contributed by atoms with Gasteiger partial charge in [-0.05, 0) is 17.2 Å². The Morgan fingerprint density at radius 3 is 2.47 bits per heavy atom. The molecule has 0 aliphatic rings. The fourth-order valence-electron chi connectivity index (χ4n) is 1.04. The third-order valence-electron chi connectivity index (χ3n) is 1.84. The summed E-state index contributed by atoms with van der Waals surface area (Å²) in [5.74, 6) is -0.196. The summed E-state index contributed by atoms with van der Waals surface area (Å²) >= 11 is 5.34. The lowest BCUT2D eigenvalue weighted by atomic mass is 10.1. The molecule has 1 rings (SSSR count). The van der Waals surface area contributed by atoms with Crippen molar-refractivity contribution in [2.45, 2.75) is 0 Å². The van der Waals surface area contributed by atoms with E-state index in [-0.39, 0.29) is 11.9 Å². The van der Waals surface area contributed by atoms with Gasteiger partial charge in [0.05, 0.1) is 6.00 Å². The van der Waals surface area contributed by atoms with Gasteiger partial charge in [-0.1, -0.05) is 36.9 Å². The Morgan fingerprint density at radius 1 is 1.33 bits per heavy atom. The highest BCUT2D eigenvalue weighted by atomic mass is 35.5. The van der Waals surface area contributed by atoms with Crippen molar-refractivity contribution in [3.05, 3.63) is 48.0 Å². The quantitative estimate of drug-likeness (QED) is 0.473. The molecule has 0 unspecified atom stereocenters. The Kier molecular flexibility index (Phi) is 4.64. The SMILES string of the molecule is C=Cc1ccc(C=CC(=O)NCCl)cc1. The molecule has 0 aliphatic carbocycles. The van der Waals surface area contributed by atoms with Gasteiger partial charge in [-0.2, -0.15) is 0 Å². The van der Waals surface area contributed by atoms with Crippen LogP contribution in [0.2, 0.25) is 0 Å². The van der Waals surface area contributed by atoms with Crippen LogP contribution in [0.5, 0.6) is 0 Å². The van der Waals surface area contributed by atoms with E-state index >= 15 is 0 Å². The molecule has 0 spiro atoms. The maximum atomic E-state index is 11.0. The van der Waals surface area contributed by atoms with Gasteiger partial charge in [0.2, 0.25) is 5.91 Å². The Bertz CT molecular complexity index is 368. The number of hydrogen-bond donors (Lipinski definition) is 1. The van der Waals surface area contributed by atoms with Gasteiger partial charge in [0.1, 0.15) is 0 Å². The Labute approximate surface area is 94.3 Å². The predicted molar refractivity (Wildman–Crippen MR) is 64.4 cm³/mol. The molecule has 2 nitrogen and oxygen atoms in total. The van der Waals surface area contributed by atoms with E-state index < -0.39 is 0 Å². The zero-order valence-electron chi connectivity index (χ0n) is 8.24. The van der Waals surface area contributed by atoms with Crippen LogP contribution in [0.25, 0.3) is 12.2 Å². The molecule has 1 N–H and O–H groups in total. The second-order valence-corrected chi connectivity index (χ2v) is 3.15. The number of alkyl halides is 1. The molecule has 0 atom stereocenters. The molecule has 0 aromatic heterocycles. The average molecular weight is 222 g/mol. The van der Waals surface area contributed by atoms with Crippen molar-refractivity contribution in [3.63, 3.8) is 0 Å². The molecule has 78 valence electrons. The van der Waals surface area contributed by atoms with Gasteiger partial charge >= 0.3 is 0 Å². The third kappa shape index (κ3) is 4.00. The molecule has 0 saturated heterocycles. The summed E-state index contributed by atoms with van der Waals surface area (Å²) in [6, 6.07) is 7.83. The normalized spacial score (nSPS) is 10.2. The first kappa shape index (κ1) is 11.5. The van der Waals surface area contributed by atoms with Gasteiger partial charge in [0.15, 0.2) is 0 Å². The largest absolute Gasteiger partial charge is 0.339 e. The van der Waals surface area contributed by atoms with E-state index in [1.54, 1.807) is 12.2 Å². The molecule has 3 heteroatoms. The van der Waals surface area contributed by atoms with Crippen molar-refractivity contribution in [2.24, 2.45) is 0 Å². The summed E-state index contributed by atoms with van der Waals surface area (Å²) in [6.45, 7) is 3.66. The van der Waals surface area contributed by atoms with E-state index in [1.807, 2.05) is 24.3 Å². The minimum absolute atomic E-state index is 0.124. The average Bonchev–Trinajstić information content (AvgIpc) is 2.27. The van der Waals surface area contributed by atoms with Gasteiger partial charge < -0.3 is 5.32 Å². The minimum Gasteiger partial charge on any atom is -0.339 e. The Morgan fingerprint density at radius 2 is 1.93 bits per heavy atom. The van der Waals surface area contributed by atoms with Crippen molar-refractivity contribution in [3.8, 4) is 0 Å². The van der Waals surface area contributed by atoms with Crippen LogP contribution in [-0.4, -0.2) is 11.9 Å². The van der Waals surface area contributed by atoms with Crippen LogP contribution in [0.4, 0.5) is 0 Å². The van der Waals surface area contributed by atoms with Crippen LogP contribution < -0.4 is 5.32 Å². The molecule has 15 heavy (non-hydrogen) atoms. The monoisotopic (exact) mass is 221 g/mol. The van der Waals surface area contributed by atoms with Crippen LogP contribution >= 0.6 is 11.6 Å². The van der Waals surface area contributed by atoms with Crippen molar-refractivity contribution in [2.75, 3.05) is 6.00 Å². The van der Waals surface area contributed by atoms with Crippen LogP contribution in [0.15, 0.2) is 36.9 Å². The molecule has 1 amide bonds. The molecular weight excluding hydrogens is 210 g/mol. The number of carbonyl (C=O) groups is 1. The van der Waals surface area contributed by atoms with E-state index in [2.05, 4.69) is 11.9 Å². The second kappa shape index (κ2) is 6.04. The fourth-order valence-corrected chi connectivity index (χ4v) is 1.17. The van der Waals surface area contributed by atoms with E-state index in [0.29, 0.717) is 0 Å². The van der Waals surface area contributed by atoms with Crippen LogP contribution in [0, 0.1) is 0 Å². The Balaban J connectivity index is 2.64. The molecule has 0 heterocycles. The highest BCUT2D eigenvalue weighted by Gasteiger charge is 1.92. The number of carbonyl (C=O) groups excluding carboxylic acids is 1. The number of rotatable bonds is 4. The highest BCUT2D eigenvalue weighted by molar-refractivity contribution is 6.18. The van der Waals surface area contributed by atoms with Gasteiger partial charge in [-0.25, -0.2) is 0 Å². The summed E-state index contributed by atoms with van der Waals surface area (Å²) < 4.78 is 0. The summed E-state index contributed by atoms with van der Waals surface area (Å²) in [5, 5.41) is 2.46. The lowest BCUT2D eigenvalue weighted by Crippen LogP contribution is -2.18. The van der Waals surface area contributed by atoms with Gasteiger partial charge in [0, 0.05) is 6.08 Å². The minimum atomic E-state index is -0.196. The standard InChI is InChI=1S/C12H12ClNO/c1-2-10-3-5-11(6-4-10)7-8-12(15)14-9-13/h2-8H,1,9H2,(H,14,15). The first-order valence-electron chi connectivity index (χ1n) is 4.50. The maximum absolute atomic E-state index is 11.0. The summed E-state index contributed by atoms with van der Waals surface area (Å²) in [7, 11) is 0. The molecule has 0 saturated carbocycles. The molecule has 0 fully saturated rings. The second-order valence-electron chi connectivity index (χ2n) is 2.88. The lowest BCUT2D eigenvalue weighted by Gasteiger charge is -1.96. The topological polar surface area (TPSA) is 29.1 Å². The molecule has 0 aliphatic heterocycles. The summed E-state index contributed by atoms with van der Waals surface area (Å²) in [5.41, 5.74) is 2.02. The van der Waals surface area contributed by atoms with Crippen LogP contribution in [-0.2, 0) is 4.79 Å². The van der Waals surface area contributed by atoms with E-state index in [0.717, 1.165) is 11.1 Å². The van der Waals surface area contributed by atoms with E-state index in [4.69, 9.17) is 11.6 Å². The predicted octanol–water partition coefficient (Wildman–Crippen LogP) is 2.66. The summed E-state index contributed by atoms with van der Waals surface area (Å²) in [6.07, 6.45) is 4.95. The molecular formula is C12H12ClNO. The molecule has 1 aromatic rings. The smallest absolute Gasteiger partial charge is 0.244 e. The number of amides is 1. The van der Waals surface area contributed by atoms with Crippen molar-refractivity contribution >= 4 is 29.7 Å². The van der Waals surface area contributed by atoms with Gasteiger partial charge in [-0.3, -0.25) is 4.79 Å². The molecule has 0 bridgehead atoms. The van der Waals surface area contributed by atoms with Crippen molar-refractivity contribution in [1.29, 1.82) is 0 Å². The van der Waals surface area contributed by atoms with Crippen LogP contribution in [0.1, 0.15) is 11.1 Å². The van der Waals surface area contributed by atoms with Crippen molar-refractivity contribution in [1.82, 2.24) is 5.32 Å². The lowest BCUT2D eigenvalue weighted by molar-refractivity contribution is -0.116. The zero-order chi connectivity index (χ0) is 11.1. The number of halogens is 1. The maximum Gasteiger partial charge on any atom is 0.244 e. The van der Waals surface area contributed by atoms with Crippen molar-refractivity contribution < 1.29 is 4.79 Å². The number of nitrogens with one attached hydrogen (secondary N) is 1. The Hall–Kier alpha value is -1.54. The number of hydrogen-bond acceptors (Lipinski definition) is 1. The van der Waals surface area contributed by atoms with Gasteiger partial charge in [0.25, 0.3) is 0 Å². The highest BCUT2D eigenvalue weighted by Crippen LogP contribution is 2.06. The third-order valence-corrected chi connectivity index (χ3v) is 1.97. The fraction of sp³-hybridized carbons (Fsp3) is 0.0833. The first-order chi connectivity index (χ1) is 7.26. The number of benzene rings is 1.